The van der Waals surface area contributed by atoms with Crippen molar-refractivity contribution in [1.29, 1.82) is 0 Å². The van der Waals surface area contributed by atoms with Gasteiger partial charge in [-0.05, 0) is 44.2 Å². The molecule has 1 aliphatic carbocycles. The zero-order valence-electron chi connectivity index (χ0n) is 14.0. The maximum Gasteiger partial charge on any atom is 0.220 e. The highest BCUT2D eigenvalue weighted by Gasteiger charge is 2.43. The van der Waals surface area contributed by atoms with E-state index < -0.39 is 5.66 Å². The van der Waals surface area contributed by atoms with Crippen LogP contribution in [0.25, 0.3) is 0 Å². The van der Waals surface area contributed by atoms with Crippen LogP contribution in [0.4, 0.5) is 5.69 Å². The second-order valence-corrected chi connectivity index (χ2v) is 6.66. The molecular weight excluding hydrogens is 326 g/mol. The number of ether oxygens (including phenoxy) is 1. The van der Waals surface area contributed by atoms with E-state index in [-0.39, 0.29) is 5.96 Å². The number of para-hydroxylation sites is 1. The summed E-state index contributed by atoms with van der Waals surface area (Å²) < 4.78 is 5.92. The van der Waals surface area contributed by atoms with Gasteiger partial charge in [0.1, 0.15) is 5.66 Å². The number of guanidine groups is 2. The second-order valence-electron chi connectivity index (χ2n) is 6.26. The second kappa shape index (κ2) is 6.89. The molecule has 0 bridgehead atoms. The fourth-order valence-electron chi connectivity index (χ4n) is 3.49. The zero-order chi connectivity index (χ0) is 17.2. The van der Waals surface area contributed by atoms with Crippen LogP contribution >= 0.6 is 11.6 Å². The minimum absolute atomic E-state index is 0.240. The summed E-state index contributed by atoms with van der Waals surface area (Å²) in [6.07, 6.45) is 5.99. The Hall–Kier alpha value is -1.95. The van der Waals surface area contributed by atoms with E-state index in [1.807, 2.05) is 23.1 Å². The lowest BCUT2D eigenvalue weighted by molar-refractivity contribution is 0.294. The van der Waals surface area contributed by atoms with Gasteiger partial charge in [0.25, 0.3) is 0 Å². The van der Waals surface area contributed by atoms with E-state index in [9.17, 15) is 0 Å². The largest absolute Gasteiger partial charge is 0.490 e. The normalized spacial score (nSPS) is 19.8. The molecule has 0 aromatic heterocycles. The van der Waals surface area contributed by atoms with Crippen molar-refractivity contribution in [1.82, 2.24) is 0 Å². The predicted molar refractivity (Wildman–Crippen MR) is 98.8 cm³/mol. The van der Waals surface area contributed by atoms with Crippen LogP contribution in [0.1, 0.15) is 45.4 Å². The average molecular weight is 350 g/mol. The van der Waals surface area contributed by atoms with E-state index in [2.05, 4.69) is 16.9 Å². The highest BCUT2D eigenvalue weighted by molar-refractivity contribution is 6.32. The van der Waals surface area contributed by atoms with Crippen molar-refractivity contribution >= 4 is 29.2 Å². The van der Waals surface area contributed by atoms with E-state index in [4.69, 9.17) is 27.8 Å². The average Bonchev–Trinajstić information content (AvgIpc) is 2.54. The number of benzene rings is 1. The van der Waals surface area contributed by atoms with Gasteiger partial charge in [0.05, 0.1) is 17.3 Å². The lowest BCUT2D eigenvalue weighted by atomic mass is 9.87. The Kier molecular flexibility index (Phi) is 4.85. The molecule has 4 N–H and O–H groups in total. The molecule has 1 saturated carbocycles. The number of hydrogen-bond donors (Lipinski definition) is 2. The summed E-state index contributed by atoms with van der Waals surface area (Å²) in [5.41, 5.74) is 12.5. The van der Waals surface area contributed by atoms with Crippen LogP contribution in [-0.2, 0) is 0 Å². The lowest BCUT2D eigenvalue weighted by Gasteiger charge is -2.46. The number of hydrogen-bond acceptors (Lipinski definition) is 6. The van der Waals surface area contributed by atoms with Gasteiger partial charge in [-0.25, -0.2) is 4.99 Å². The Bertz CT molecular complexity index is 667. The quantitative estimate of drug-likeness (QED) is 0.873. The van der Waals surface area contributed by atoms with Gasteiger partial charge in [0.15, 0.2) is 5.75 Å². The number of rotatable bonds is 4. The van der Waals surface area contributed by atoms with Gasteiger partial charge in [-0.3, -0.25) is 4.90 Å². The number of aliphatic imine (C=N–C) groups is 2. The molecule has 1 heterocycles. The maximum atomic E-state index is 6.40. The van der Waals surface area contributed by atoms with Crippen molar-refractivity contribution in [3.63, 3.8) is 0 Å². The van der Waals surface area contributed by atoms with Crippen molar-refractivity contribution in [3.8, 4) is 5.75 Å². The lowest BCUT2D eigenvalue weighted by Crippen LogP contribution is -2.58. The minimum Gasteiger partial charge on any atom is -0.490 e. The van der Waals surface area contributed by atoms with E-state index in [1.54, 1.807) is 0 Å². The third-order valence-electron chi connectivity index (χ3n) is 4.49. The molecule has 1 aliphatic heterocycles. The maximum absolute atomic E-state index is 6.40. The number of anilines is 1. The molecule has 0 amide bonds. The van der Waals surface area contributed by atoms with Crippen LogP contribution < -0.4 is 21.1 Å². The SMILES string of the molecule is CCCOc1c(Cl)cccc1N1C(N)=NC(N)=NC12CCCCC2. The fraction of sp³-hybridized carbons (Fsp3) is 0.529. The van der Waals surface area contributed by atoms with Crippen LogP contribution in [0.2, 0.25) is 5.02 Å². The molecule has 6 nitrogen and oxygen atoms in total. The van der Waals surface area contributed by atoms with E-state index in [0.29, 0.717) is 23.3 Å². The first-order chi connectivity index (χ1) is 11.6. The van der Waals surface area contributed by atoms with Crippen LogP contribution in [0.5, 0.6) is 5.75 Å². The number of nitrogens with two attached hydrogens (primary N) is 2. The first-order valence-corrected chi connectivity index (χ1v) is 8.86. The minimum atomic E-state index is -0.497. The van der Waals surface area contributed by atoms with Gasteiger partial charge >= 0.3 is 0 Å². The molecule has 0 unspecified atom stereocenters. The Morgan fingerprint density at radius 3 is 2.71 bits per heavy atom. The summed E-state index contributed by atoms with van der Waals surface area (Å²) in [5.74, 6) is 1.21. The van der Waals surface area contributed by atoms with Gasteiger partial charge in [0.2, 0.25) is 11.9 Å². The van der Waals surface area contributed by atoms with Gasteiger partial charge in [-0.1, -0.05) is 31.0 Å². The standard InChI is InChI=1S/C17H24ClN5O/c1-2-11-24-14-12(18)7-6-8-13(14)23-16(20)21-15(19)22-17(23)9-4-3-5-10-17/h6-8H,2-5,9-11H2,1H3,(H4,19,20,21,22). The Morgan fingerprint density at radius 1 is 1.25 bits per heavy atom. The summed E-state index contributed by atoms with van der Waals surface area (Å²) in [6.45, 7) is 2.64. The first kappa shape index (κ1) is 16.9. The van der Waals surface area contributed by atoms with Crippen LogP contribution in [0.15, 0.2) is 28.2 Å². The van der Waals surface area contributed by atoms with Crippen molar-refractivity contribution in [2.75, 3.05) is 11.5 Å². The Balaban J connectivity index is 2.09. The number of nitrogens with zero attached hydrogens (tertiary/aromatic N) is 3. The van der Waals surface area contributed by atoms with Crippen molar-refractivity contribution in [2.24, 2.45) is 21.5 Å². The summed E-state index contributed by atoms with van der Waals surface area (Å²) in [5, 5.41) is 0.558. The summed E-state index contributed by atoms with van der Waals surface area (Å²) in [6, 6.07) is 5.66. The smallest absolute Gasteiger partial charge is 0.220 e. The highest BCUT2D eigenvalue weighted by atomic mass is 35.5. The van der Waals surface area contributed by atoms with Crippen molar-refractivity contribution < 1.29 is 4.74 Å². The molecule has 0 atom stereocenters. The molecule has 130 valence electrons. The van der Waals surface area contributed by atoms with Gasteiger partial charge in [-0.15, -0.1) is 0 Å². The molecule has 7 heteroatoms. The summed E-state index contributed by atoms with van der Waals surface area (Å²) >= 11 is 6.40. The van der Waals surface area contributed by atoms with E-state index in [1.165, 1.54) is 6.42 Å². The molecule has 0 radical (unpaired) electrons. The third kappa shape index (κ3) is 3.02. The molecular formula is C17H24ClN5O. The van der Waals surface area contributed by atoms with Crippen LogP contribution in [0, 0.1) is 0 Å². The van der Waals surface area contributed by atoms with Gasteiger partial charge in [-0.2, -0.15) is 4.99 Å². The molecule has 0 saturated heterocycles. The van der Waals surface area contributed by atoms with E-state index in [0.717, 1.165) is 37.8 Å². The fourth-order valence-corrected chi connectivity index (χ4v) is 3.71. The van der Waals surface area contributed by atoms with E-state index >= 15 is 0 Å². The molecule has 1 fully saturated rings. The highest BCUT2D eigenvalue weighted by Crippen LogP contribution is 2.44. The van der Waals surface area contributed by atoms with Crippen molar-refractivity contribution in [2.45, 2.75) is 51.1 Å². The first-order valence-electron chi connectivity index (χ1n) is 8.48. The zero-order valence-corrected chi connectivity index (χ0v) is 14.7. The topological polar surface area (TPSA) is 89.2 Å². The van der Waals surface area contributed by atoms with Gasteiger partial charge in [0, 0.05) is 0 Å². The van der Waals surface area contributed by atoms with Crippen molar-refractivity contribution in [3.05, 3.63) is 23.2 Å². The monoisotopic (exact) mass is 349 g/mol. The molecule has 1 aromatic carbocycles. The molecule has 1 spiro atoms. The number of halogens is 1. The van der Waals surface area contributed by atoms with Crippen LogP contribution in [-0.4, -0.2) is 24.2 Å². The molecule has 24 heavy (non-hydrogen) atoms. The third-order valence-corrected chi connectivity index (χ3v) is 4.79. The molecule has 2 aliphatic rings. The van der Waals surface area contributed by atoms with Crippen LogP contribution in [0.3, 0.4) is 0 Å². The molecule has 3 rings (SSSR count). The molecule has 1 aromatic rings. The summed E-state index contributed by atoms with van der Waals surface area (Å²) in [7, 11) is 0. The Labute approximate surface area is 147 Å². The summed E-state index contributed by atoms with van der Waals surface area (Å²) in [4.78, 5) is 10.8. The van der Waals surface area contributed by atoms with Gasteiger partial charge < -0.3 is 16.2 Å². The predicted octanol–water partition coefficient (Wildman–Crippen LogP) is 3.24. The Morgan fingerprint density at radius 2 is 2.00 bits per heavy atom.